The Labute approximate surface area is 205 Å². The molecule has 0 atom stereocenters. The van der Waals surface area contributed by atoms with Gasteiger partial charge in [0, 0.05) is 55.4 Å². The lowest BCUT2D eigenvalue weighted by Crippen LogP contribution is -2.27. The normalized spacial score (nSPS) is 11.2. The number of aromatic amines is 1. The summed E-state index contributed by atoms with van der Waals surface area (Å²) in [6.07, 6.45) is 4.35. The zero-order valence-electron chi connectivity index (χ0n) is 20.7. The lowest BCUT2D eigenvalue weighted by atomic mass is 10.1. The number of nitrogens with one attached hydrogen (secondary N) is 1. The van der Waals surface area contributed by atoms with Crippen LogP contribution in [0.4, 0.5) is 0 Å². The second kappa shape index (κ2) is 11.1. The fourth-order valence-corrected chi connectivity index (χ4v) is 4.07. The molecule has 8 nitrogen and oxygen atoms in total. The summed E-state index contributed by atoms with van der Waals surface area (Å²) in [5.41, 5.74) is 3.73. The third-order valence-corrected chi connectivity index (χ3v) is 6.21. The van der Waals surface area contributed by atoms with Gasteiger partial charge in [-0.05, 0) is 31.0 Å². The molecule has 0 spiro atoms. The smallest absolute Gasteiger partial charge is 0.275 e. The van der Waals surface area contributed by atoms with Gasteiger partial charge in [-0.1, -0.05) is 24.3 Å². The van der Waals surface area contributed by atoms with E-state index >= 15 is 0 Å². The average molecular weight is 477 g/mol. The molecule has 0 aliphatic heterocycles. The monoisotopic (exact) mass is 476 g/mol. The number of H-pyrrole nitrogens is 1. The number of benzene rings is 2. The molecule has 0 unspecified atom stereocenters. The van der Waals surface area contributed by atoms with Gasteiger partial charge in [0.25, 0.3) is 5.91 Å². The maximum Gasteiger partial charge on any atom is 0.275 e. The Morgan fingerprint density at radius 3 is 2.69 bits per heavy atom. The van der Waals surface area contributed by atoms with Crippen LogP contribution >= 0.6 is 0 Å². The molecule has 2 aromatic carbocycles. The minimum Gasteiger partial charge on any atom is -0.497 e. The molecule has 4 rings (SSSR count). The van der Waals surface area contributed by atoms with Crippen molar-refractivity contribution in [3.8, 4) is 11.5 Å². The Hall–Kier alpha value is -3.78. The number of fused-ring (bicyclic) bond motifs is 1. The minimum atomic E-state index is -0.148. The van der Waals surface area contributed by atoms with E-state index in [1.54, 1.807) is 26.2 Å². The molecular weight excluding hydrogens is 444 g/mol. The second-order valence-electron chi connectivity index (χ2n) is 8.44. The first-order valence-electron chi connectivity index (χ1n) is 11.7. The molecule has 1 amide bonds. The molecule has 2 heterocycles. The van der Waals surface area contributed by atoms with Gasteiger partial charge in [-0.25, -0.2) is 4.98 Å². The van der Waals surface area contributed by atoms with E-state index in [4.69, 9.17) is 13.9 Å². The van der Waals surface area contributed by atoms with Gasteiger partial charge in [0.1, 0.15) is 17.8 Å². The highest BCUT2D eigenvalue weighted by Crippen LogP contribution is 2.27. The van der Waals surface area contributed by atoms with Gasteiger partial charge in [-0.15, -0.1) is 0 Å². The number of aromatic nitrogens is 2. The van der Waals surface area contributed by atoms with E-state index in [0.29, 0.717) is 31.2 Å². The molecule has 0 fully saturated rings. The first-order chi connectivity index (χ1) is 17.0. The Morgan fingerprint density at radius 1 is 1.09 bits per heavy atom. The number of hydrogen-bond donors (Lipinski definition) is 1. The molecule has 35 heavy (non-hydrogen) atoms. The summed E-state index contributed by atoms with van der Waals surface area (Å²) in [4.78, 5) is 24.1. The summed E-state index contributed by atoms with van der Waals surface area (Å²) < 4.78 is 16.7. The third kappa shape index (κ3) is 5.66. The topological polar surface area (TPSA) is 83.8 Å². The summed E-state index contributed by atoms with van der Waals surface area (Å²) in [7, 11) is 5.05. The van der Waals surface area contributed by atoms with E-state index in [1.807, 2.05) is 31.2 Å². The Kier molecular flexibility index (Phi) is 7.72. The van der Waals surface area contributed by atoms with Crippen LogP contribution in [0.3, 0.4) is 0 Å². The van der Waals surface area contributed by atoms with Crippen molar-refractivity contribution in [3.63, 3.8) is 0 Å². The number of methoxy groups -OCH3 is 2. The fourth-order valence-electron chi connectivity index (χ4n) is 4.07. The number of rotatable bonds is 11. The van der Waals surface area contributed by atoms with Crippen molar-refractivity contribution in [2.45, 2.75) is 26.4 Å². The van der Waals surface area contributed by atoms with Crippen molar-refractivity contribution < 1.29 is 18.7 Å². The summed E-state index contributed by atoms with van der Waals surface area (Å²) in [5, 5.41) is 1.22. The van der Waals surface area contributed by atoms with Crippen molar-refractivity contribution in [3.05, 3.63) is 77.6 Å². The maximum absolute atomic E-state index is 12.5. The molecule has 0 aliphatic rings. The molecule has 0 aliphatic carbocycles. The van der Waals surface area contributed by atoms with Crippen molar-refractivity contribution in [1.29, 1.82) is 0 Å². The van der Waals surface area contributed by atoms with Crippen LogP contribution in [0.2, 0.25) is 0 Å². The second-order valence-corrected chi connectivity index (χ2v) is 8.44. The van der Waals surface area contributed by atoms with Gasteiger partial charge in [0.15, 0.2) is 5.69 Å². The largest absolute Gasteiger partial charge is 0.497 e. The zero-order valence-corrected chi connectivity index (χ0v) is 20.7. The van der Waals surface area contributed by atoms with Crippen LogP contribution in [0.5, 0.6) is 11.5 Å². The molecule has 0 radical (unpaired) electrons. The molecule has 0 saturated heterocycles. The first kappa shape index (κ1) is 24.3. The van der Waals surface area contributed by atoms with Gasteiger partial charge in [0.2, 0.25) is 5.89 Å². The molecule has 0 saturated carbocycles. The maximum atomic E-state index is 12.5. The molecule has 8 heteroatoms. The van der Waals surface area contributed by atoms with Crippen molar-refractivity contribution in [2.75, 3.05) is 34.4 Å². The van der Waals surface area contributed by atoms with Crippen LogP contribution in [0.25, 0.3) is 10.9 Å². The number of carbonyl (C=O) groups excluding carboxylic acids is 1. The Bertz CT molecular complexity index is 1280. The fraction of sp³-hybridized carbons (Fsp3) is 0.333. The van der Waals surface area contributed by atoms with Gasteiger partial charge in [-0.3, -0.25) is 9.69 Å². The molecule has 0 bridgehead atoms. The molecule has 1 N–H and O–H groups in total. The first-order valence-corrected chi connectivity index (χ1v) is 11.7. The van der Waals surface area contributed by atoms with Crippen molar-refractivity contribution in [2.24, 2.45) is 0 Å². The molecule has 4 aromatic rings. The SMILES string of the molecule is CCN(C)C(=O)c1coc(CN(CCc2c[nH]c3ccccc23)Cc2ccc(OC)cc2OC)n1. The number of oxazole rings is 1. The number of amides is 1. The third-order valence-electron chi connectivity index (χ3n) is 6.21. The highest BCUT2D eigenvalue weighted by molar-refractivity contribution is 5.91. The molecule has 2 aromatic heterocycles. The van der Waals surface area contributed by atoms with Crippen molar-refractivity contribution in [1.82, 2.24) is 19.8 Å². The quantitative estimate of drug-likeness (QED) is 0.343. The zero-order chi connectivity index (χ0) is 24.8. The number of carbonyl (C=O) groups is 1. The number of para-hydroxylation sites is 1. The van der Waals surface area contributed by atoms with Gasteiger partial charge in [0.05, 0.1) is 20.8 Å². The molecular formula is C27H32N4O4. The van der Waals surface area contributed by atoms with E-state index in [9.17, 15) is 4.79 Å². The molecule has 184 valence electrons. The predicted octanol–water partition coefficient (Wildman–Crippen LogP) is 4.51. The van der Waals surface area contributed by atoms with Crippen LogP contribution in [0.1, 0.15) is 34.4 Å². The minimum absolute atomic E-state index is 0.148. The van der Waals surface area contributed by atoms with Crippen LogP contribution in [0.15, 0.2) is 59.3 Å². The van der Waals surface area contributed by atoms with Gasteiger partial charge < -0.3 is 23.8 Å². The average Bonchev–Trinajstić information content (AvgIpc) is 3.53. The Balaban J connectivity index is 1.55. The van der Waals surface area contributed by atoms with Crippen LogP contribution in [0, 0.1) is 0 Å². The number of ether oxygens (including phenoxy) is 2. The van der Waals surface area contributed by atoms with E-state index in [0.717, 1.165) is 35.5 Å². The van der Waals surface area contributed by atoms with E-state index in [1.165, 1.54) is 17.2 Å². The summed E-state index contributed by atoms with van der Waals surface area (Å²) in [5.74, 6) is 1.86. The predicted molar refractivity (Wildman–Crippen MR) is 135 cm³/mol. The summed E-state index contributed by atoms with van der Waals surface area (Å²) in [6, 6.07) is 14.1. The number of hydrogen-bond acceptors (Lipinski definition) is 6. The highest BCUT2D eigenvalue weighted by atomic mass is 16.5. The Morgan fingerprint density at radius 2 is 1.91 bits per heavy atom. The van der Waals surface area contributed by atoms with E-state index in [2.05, 4.69) is 39.3 Å². The lowest BCUT2D eigenvalue weighted by molar-refractivity contribution is 0.0796. The van der Waals surface area contributed by atoms with Crippen LogP contribution < -0.4 is 9.47 Å². The summed E-state index contributed by atoms with van der Waals surface area (Å²) >= 11 is 0. The van der Waals surface area contributed by atoms with Crippen LogP contribution in [-0.4, -0.2) is 60.0 Å². The van der Waals surface area contributed by atoms with Gasteiger partial charge >= 0.3 is 0 Å². The lowest BCUT2D eigenvalue weighted by Gasteiger charge is -2.22. The van der Waals surface area contributed by atoms with Gasteiger partial charge in [-0.2, -0.15) is 0 Å². The summed E-state index contributed by atoms with van der Waals surface area (Å²) in [6.45, 7) is 4.37. The highest BCUT2D eigenvalue weighted by Gasteiger charge is 2.19. The van der Waals surface area contributed by atoms with E-state index in [-0.39, 0.29) is 5.91 Å². The standard InChI is InChI=1S/C27H32N4O4/c1-5-30(2)27(32)24-18-35-26(29-24)17-31(16-20-10-11-21(33-3)14-25(20)34-4)13-12-19-15-28-23-9-7-6-8-22(19)23/h6-11,14-15,18,28H,5,12-13,16-17H2,1-4H3. The van der Waals surface area contributed by atoms with Crippen LogP contribution in [-0.2, 0) is 19.5 Å². The van der Waals surface area contributed by atoms with E-state index < -0.39 is 0 Å². The van der Waals surface area contributed by atoms with Crippen molar-refractivity contribution >= 4 is 16.8 Å². The number of nitrogens with zero attached hydrogens (tertiary/aromatic N) is 3.